The zero-order valence-electron chi connectivity index (χ0n) is 23.6. The topological polar surface area (TPSA) is 114 Å². The predicted molar refractivity (Wildman–Crippen MR) is 156 cm³/mol. The first kappa shape index (κ1) is 30.2. The number of carbonyl (C=O) groups is 2. The fourth-order valence-electron chi connectivity index (χ4n) is 4.83. The van der Waals surface area contributed by atoms with Gasteiger partial charge in [0.1, 0.15) is 12.4 Å². The highest BCUT2D eigenvalue weighted by Gasteiger charge is 2.28. The molecule has 0 amide bonds. The van der Waals surface area contributed by atoms with Gasteiger partial charge in [-0.25, -0.2) is 4.79 Å². The van der Waals surface area contributed by atoms with E-state index in [1.807, 2.05) is 19.9 Å². The van der Waals surface area contributed by atoms with Gasteiger partial charge >= 0.3 is 11.9 Å². The van der Waals surface area contributed by atoms with Gasteiger partial charge in [-0.15, -0.1) is 0 Å². The summed E-state index contributed by atoms with van der Waals surface area (Å²) in [6.45, 7) is 7.11. The minimum atomic E-state index is -0.465. The van der Waals surface area contributed by atoms with Gasteiger partial charge in [-0.05, 0) is 73.6 Å². The quantitative estimate of drug-likeness (QED) is 0.0994. The number of benzene rings is 2. The van der Waals surface area contributed by atoms with Gasteiger partial charge in [0.05, 0.1) is 12.0 Å². The summed E-state index contributed by atoms with van der Waals surface area (Å²) >= 11 is 0. The van der Waals surface area contributed by atoms with Gasteiger partial charge in [-0.2, -0.15) is 0 Å². The Labute approximate surface area is 232 Å². The molecule has 0 aromatic heterocycles. The molecule has 2 aromatic rings. The lowest BCUT2D eigenvalue weighted by atomic mass is 9.84. The minimum Gasteiger partial charge on any atom is -0.462 e. The standard InChI is InChI=1S/C32H44N2O5/c1-4-5-6-7-20-37-26-16-11-24(12-17-26)31(36)39-27-14-8-23(9-15-27)10-19-30(35)38-22-32(2,3)28-18-13-25(33)21-29(28)34/h8-10,13-15,18-19,21,24,26H,4-7,11-12,16-17,20,22,33-34H2,1-3H3/b19-10+. The third-order valence-corrected chi connectivity index (χ3v) is 7.25. The number of ether oxygens (including phenoxy) is 3. The molecular formula is C32H44N2O5. The highest BCUT2D eigenvalue weighted by molar-refractivity contribution is 5.87. The maximum atomic E-state index is 12.6. The number of rotatable bonds is 13. The van der Waals surface area contributed by atoms with Crippen molar-refractivity contribution >= 4 is 29.4 Å². The Kier molecular flexibility index (Phi) is 11.4. The van der Waals surface area contributed by atoms with Crippen molar-refractivity contribution in [2.45, 2.75) is 83.7 Å². The van der Waals surface area contributed by atoms with Gasteiger partial charge in [-0.3, -0.25) is 4.79 Å². The lowest BCUT2D eigenvalue weighted by Gasteiger charge is -2.27. The summed E-state index contributed by atoms with van der Waals surface area (Å²) in [6.07, 6.45) is 11.5. The van der Waals surface area contributed by atoms with Crippen LogP contribution in [0.5, 0.6) is 5.75 Å². The van der Waals surface area contributed by atoms with Crippen LogP contribution < -0.4 is 16.2 Å². The van der Waals surface area contributed by atoms with E-state index in [0.717, 1.165) is 49.8 Å². The lowest BCUT2D eigenvalue weighted by Crippen LogP contribution is -2.29. The van der Waals surface area contributed by atoms with Crippen LogP contribution in [0.1, 0.15) is 83.3 Å². The molecule has 7 heteroatoms. The van der Waals surface area contributed by atoms with Crippen LogP contribution in [-0.4, -0.2) is 31.3 Å². The second-order valence-corrected chi connectivity index (χ2v) is 11.1. The van der Waals surface area contributed by atoms with E-state index >= 15 is 0 Å². The number of hydrogen-bond acceptors (Lipinski definition) is 7. The van der Waals surface area contributed by atoms with Crippen LogP contribution in [0.15, 0.2) is 48.5 Å². The van der Waals surface area contributed by atoms with Gasteiger partial charge in [0, 0.05) is 29.5 Å². The van der Waals surface area contributed by atoms with E-state index in [2.05, 4.69) is 6.92 Å². The molecule has 0 saturated heterocycles. The van der Waals surface area contributed by atoms with Crippen molar-refractivity contribution < 1.29 is 23.8 Å². The van der Waals surface area contributed by atoms with Crippen LogP contribution in [-0.2, 0) is 24.5 Å². The molecule has 3 rings (SSSR count). The van der Waals surface area contributed by atoms with Crippen molar-refractivity contribution in [3.05, 3.63) is 59.7 Å². The van der Waals surface area contributed by atoms with E-state index in [-0.39, 0.29) is 24.6 Å². The van der Waals surface area contributed by atoms with Crippen LogP contribution in [0, 0.1) is 5.92 Å². The number of nitrogens with two attached hydrogens (primary N) is 2. The summed E-state index contributed by atoms with van der Waals surface area (Å²) in [4.78, 5) is 25.0. The molecule has 1 aliphatic rings. The molecule has 0 unspecified atom stereocenters. The van der Waals surface area contributed by atoms with Crippen LogP contribution in [0.25, 0.3) is 6.08 Å². The lowest BCUT2D eigenvalue weighted by molar-refractivity contribution is -0.141. The highest BCUT2D eigenvalue weighted by atomic mass is 16.5. The van der Waals surface area contributed by atoms with E-state index in [1.165, 1.54) is 25.3 Å². The number of carbonyl (C=O) groups excluding carboxylic acids is 2. The van der Waals surface area contributed by atoms with Crippen LogP contribution in [0.4, 0.5) is 11.4 Å². The fraction of sp³-hybridized carbons (Fsp3) is 0.500. The first-order valence-corrected chi connectivity index (χ1v) is 14.1. The molecule has 0 spiro atoms. The Bertz CT molecular complexity index is 1100. The van der Waals surface area contributed by atoms with E-state index in [4.69, 9.17) is 25.7 Å². The molecule has 7 nitrogen and oxygen atoms in total. The molecule has 1 aliphatic carbocycles. The summed E-state index contributed by atoms with van der Waals surface area (Å²) in [5.41, 5.74) is 14.2. The maximum absolute atomic E-state index is 12.6. The van der Waals surface area contributed by atoms with Crippen molar-refractivity contribution in [2.75, 3.05) is 24.7 Å². The Morgan fingerprint density at radius 3 is 2.36 bits per heavy atom. The van der Waals surface area contributed by atoms with Crippen molar-refractivity contribution in [3.8, 4) is 5.75 Å². The summed E-state index contributed by atoms with van der Waals surface area (Å²) in [5.74, 6) is -0.232. The average Bonchev–Trinajstić information content (AvgIpc) is 2.91. The first-order valence-electron chi connectivity index (χ1n) is 14.1. The smallest absolute Gasteiger partial charge is 0.330 e. The number of anilines is 2. The SMILES string of the molecule is CCCCCCOC1CCC(C(=O)Oc2ccc(/C=C/C(=O)OCC(C)(C)c3ccc(N)cc3N)cc2)CC1. The summed E-state index contributed by atoms with van der Waals surface area (Å²) in [5, 5.41) is 0. The molecule has 212 valence electrons. The molecule has 0 aliphatic heterocycles. The molecule has 0 atom stereocenters. The molecule has 39 heavy (non-hydrogen) atoms. The number of unbranched alkanes of at least 4 members (excludes halogenated alkanes) is 3. The Balaban J connectivity index is 1.40. The number of esters is 2. The molecule has 0 bridgehead atoms. The monoisotopic (exact) mass is 536 g/mol. The molecular weight excluding hydrogens is 492 g/mol. The Morgan fingerprint density at radius 1 is 0.974 bits per heavy atom. The second kappa shape index (κ2) is 14.7. The van der Waals surface area contributed by atoms with E-state index in [1.54, 1.807) is 42.5 Å². The predicted octanol–water partition coefficient (Wildman–Crippen LogP) is 6.45. The van der Waals surface area contributed by atoms with Crippen molar-refractivity contribution in [1.82, 2.24) is 0 Å². The first-order chi connectivity index (χ1) is 18.7. The molecule has 1 fully saturated rings. The van der Waals surface area contributed by atoms with Gasteiger partial charge in [0.2, 0.25) is 0 Å². The second-order valence-electron chi connectivity index (χ2n) is 11.1. The zero-order valence-corrected chi connectivity index (χ0v) is 23.6. The normalized spacial score (nSPS) is 17.7. The number of hydrogen-bond donors (Lipinski definition) is 2. The van der Waals surface area contributed by atoms with E-state index in [9.17, 15) is 9.59 Å². The van der Waals surface area contributed by atoms with Crippen molar-refractivity contribution in [3.63, 3.8) is 0 Å². The van der Waals surface area contributed by atoms with Crippen molar-refractivity contribution in [1.29, 1.82) is 0 Å². The highest BCUT2D eigenvalue weighted by Crippen LogP contribution is 2.30. The summed E-state index contributed by atoms with van der Waals surface area (Å²) in [6, 6.07) is 12.4. The fourth-order valence-corrected chi connectivity index (χ4v) is 4.83. The largest absolute Gasteiger partial charge is 0.462 e. The van der Waals surface area contributed by atoms with Crippen LogP contribution in [0.2, 0.25) is 0 Å². The minimum absolute atomic E-state index is 0.0906. The Morgan fingerprint density at radius 2 is 1.69 bits per heavy atom. The van der Waals surface area contributed by atoms with Crippen LogP contribution in [0.3, 0.4) is 0 Å². The Hall–Kier alpha value is -3.32. The van der Waals surface area contributed by atoms with Gasteiger partial charge in [-0.1, -0.05) is 58.2 Å². The molecule has 0 heterocycles. The zero-order chi connectivity index (χ0) is 28.3. The maximum Gasteiger partial charge on any atom is 0.330 e. The summed E-state index contributed by atoms with van der Waals surface area (Å²) < 4.78 is 17.1. The number of nitrogen functional groups attached to an aromatic ring is 2. The van der Waals surface area contributed by atoms with E-state index in [0.29, 0.717) is 17.1 Å². The van der Waals surface area contributed by atoms with Gasteiger partial charge in [0.25, 0.3) is 0 Å². The van der Waals surface area contributed by atoms with Crippen LogP contribution >= 0.6 is 0 Å². The van der Waals surface area contributed by atoms with Crippen molar-refractivity contribution in [2.24, 2.45) is 5.92 Å². The molecule has 4 N–H and O–H groups in total. The molecule has 2 aromatic carbocycles. The molecule has 1 saturated carbocycles. The molecule has 0 radical (unpaired) electrons. The van der Waals surface area contributed by atoms with Gasteiger partial charge < -0.3 is 25.7 Å². The summed E-state index contributed by atoms with van der Waals surface area (Å²) in [7, 11) is 0. The third-order valence-electron chi connectivity index (χ3n) is 7.25. The van der Waals surface area contributed by atoms with E-state index < -0.39 is 11.4 Å². The third kappa shape index (κ3) is 9.74. The average molecular weight is 537 g/mol. The van der Waals surface area contributed by atoms with Gasteiger partial charge in [0.15, 0.2) is 0 Å².